The second-order valence-electron chi connectivity index (χ2n) is 3.61. The molecule has 0 spiro atoms. The lowest BCUT2D eigenvalue weighted by Gasteiger charge is -2.04. The van der Waals surface area contributed by atoms with Crippen LogP contribution in [0.5, 0.6) is 0 Å². The molecular formula is C13H20O3S. The van der Waals surface area contributed by atoms with Crippen molar-refractivity contribution in [2.45, 2.75) is 17.9 Å². The minimum Gasteiger partial charge on any atom is -0.392 e. The molecule has 3 nitrogen and oxygen atoms in total. The number of hydrogen-bond acceptors (Lipinski definition) is 4. The maximum atomic E-state index is 9.01. The number of aliphatic hydroxyl groups excluding tert-OH is 1. The molecule has 0 bridgehead atoms. The van der Waals surface area contributed by atoms with Crippen molar-refractivity contribution in [1.29, 1.82) is 0 Å². The lowest BCUT2D eigenvalue weighted by molar-refractivity contribution is 0.0713. The van der Waals surface area contributed by atoms with Crippen LogP contribution < -0.4 is 0 Å². The normalized spacial score (nSPS) is 10.7. The van der Waals surface area contributed by atoms with Crippen molar-refractivity contribution >= 4 is 11.8 Å². The summed E-state index contributed by atoms with van der Waals surface area (Å²) >= 11 is 1.79. The Balaban J connectivity index is 2.09. The van der Waals surface area contributed by atoms with E-state index in [1.165, 1.54) is 4.90 Å². The lowest BCUT2D eigenvalue weighted by atomic mass is 10.2. The van der Waals surface area contributed by atoms with Crippen molar-refractivity contribution < 1.29 is 14.6 Å². The fourth-order valence-corrected chi connectivity index (χ4v) is 2.24. The summed E-state index contributed by atoms with van der Waals surface area (Å²) in [5, 5.41) is 9.01. The predicted octanol–water partition coefficient (Wildman–Crippen LogP) is 2.32. The molecule has 17 heavy (non-hydrogen) atoms. The van der Waals surface area contributed by atoms with E-state index in [0.29, 0.717) is 13.2 Å². The van der Waals surface area contributed by atoms with Crippen LogP contribution in [-0.2, 0) is 16.1 Å². The van der Waals surface area contributed by atoms with Crippen molar-refractivity contribution in [3.8, 4) is 0 Å². The van der Waals surface area contributed by atoms with Crippen molar-refractivity contribution in [3.63, 3.8) is 0 Å². The summed E-state index contributed by atoms with van der Waals surface area (Å²) in [5.41, 5.74) is 0.964. The summed E-state index contributed by atoms with van der Waals surface area (Å²) in [7, 11) is 1.67. The molecule has 4 heteroatoms. The molecule has 96 valence electrons. The quantitative estimate of drug-likeness (QED) is 0.543. The van der Waals surface area contributed by atoms with Crippen LogP contribution in [0.15, 0.2) is 29.2 Å². The van der Waals surface area contributed by atoms with Gasteiger partial charge in [-0.25, -0.2) is 0 Å². The van der Waals surface area contributed by atoms with Gasteiger partial charge in [0.2, 0.25) is 0 Å². The van der Waals surface area contributed by atoms with Gasteiger partial charge >= 0.3 is 0 Å². The highest BCUT2D eigenvalue weighted by molar-refractivity contribution is 7.99. The maximum absolute atomic E-state index is 9.01. The molecule has 0 radical (unpaired) electrons. The Morgan fingerprint density at radius 2 is 2.12 bits per heavy atom. The highest BCUT2D eigenvalue weighted by Crippen LogP contribution is 2.19. The van der Waals surface area contributed by atoms with Gasteiger partial charge in [-0.15, -0.1) is 11.8 Å². The van der Waals surface area contributed by atoms with Crippen LogP contribution in [0, 0.1) is 0 Å². The molecule has 0 unspecified atom stereocenters. The van der Waals surface area contributed by atoms with Crippen LogP contribution in [0.4, 0.5) is 0 Å². The molecule has 0 saturated heterocycles. The van der Waals surface area contributed by atoms with E-state index in [9.17, 15) is 0 Å². The lowest BCUT2D eigenvalue weighted by Crippen LogP contribution is -2.03. The van der Waals surface area contributed by atoms with Crippen molar-refractivity contribution in [1.82, 2.24) is 0 Å². The molecule has 0 fully saturated rings. The second kappa shape index (κ2) is 9.48. The minimum atomic E-state index is 0.106. The average molecular weight is 256 g/mol. The van der Waals surface area contributed by atoms with Gasteiger partial charge < -0.3 is 14.6 Å². The SMILES string of the molecule is COCCOCCCSc1cccc(CO)c1. The molecule has 0 aliphatic rings. The molecule has 0 aliphatic heterocycles. The first kappa shape index (κ1) is 14.5. The third kappa shape index (κ3) is 6.68. The summed E-state index contributed by atoms with van der Waals surface area (Å²) in [6.45, 7) is 2.21. The molecule has 1 N–H and O–H groups in total. The second-order valence-corrected chi connectivity index (χ2v) is 4.78. The Labute approximate surface area is 107 Å². The van der Waals surface area contributed by atoms with E-state index in [4.69, 9.17) is 14.6 Å². The molecule has 0 aromatic heterocycles. The van der Waals surface area contributed by atoms with Gasteiger partial charge in [0.15, 0.2) is 0 Å². The molecule has 0 saturated carbocycles. The van der Waals surface area contributed by atoms with E-state index in [1.807, 2.05) is 18.2 Å². The molecule has 1 aromatic rings. The standard InChI is InChI=1S/C13H20O3S/c1-15-7-8-16-6-3-9-17-13-5-2-4-12(10-13)11-14/h2,4-5,10,14H,3,6-9,11H2,1H3. The van der Waals surface area contributed by atoms with Gasteiger partial charge in [0, 0.05) is 24.4 Å². The first-order valence-corrected chi connectivity index (χ1v) is 6.74. The molecule has 1 rings (SSSR count). The van der Waals surface area contributed by atoms with E-state index in [2.05, 4.69) is 6.07 Å². The van der Waals surface area contributed by atoms with Crippen LogP contribution in [0.25, 0.3) is 0 Å². The molecule has 0 heterocycles. The molecular weight excluding hydrogens is 236 g/mol. The third-order valence-corrected chi connectivity index (χ3v) is 3.29. The van der Waals surface area contributed by atoms with Crippen molar-refractivity contribution in [2.75, 3.05) is 32.7 Å². The first-order valence-electron chi connectivity index (χ1n) is 5.76. The van der Waals surface area contributed by atoms with E-state index in [1.54, 1.807) is 18.9 Å². The van der Waals surface area contributed by atoms with Crippen LogP contribution in [0.3, 0.4) is 0 Å². The maximum Gasteiger partial charge on any atom is 0.0700 e. The number of hydrogen-bond donors (Lipinski definition) is 1. The summed E-state index contributed by atoms with van der Waals surface area (Å²) in [6, 6.07) is 7.99. The van der Waals surface area contributed by atoms with Gasteiger partial charge in [-0.05, 0) is 24.1 Å². The zero-order valence-electron chi connectivity index (χ0n) is 10.2. The van der Waals surface area contributed by atoms with Gasteiger partial charge in [0.05, 0.1) is 19.8 Å². The Hall–Kier alpha value is -0.550. The highest BCUT2D eigenvalue weighted by Gasteiger charge is 1.96. The Morgan fingerprint density at radius 1 is 1.24 bits per heavy atom. The summed E-state index contributed by atoms with van der Waals surface area (Å²) < 4.78 is 10.3. The van der Waals surface area contributed by atoms with Crippen LogP contribution >= 0.6 is 11.8 Å². The summed E-state index contributed by atoms with van der Waals surface area (Å²) in [6.07, 6.45) is 1.03. The number of ether oxygens (including phenoxy) is 2. The minimum absolute atomic E-state index is 0.106. The summed E-state index contributed by atoms with van der Waals surface area (Å²) in [5.74, 6) is 1.03. The van der Waals surface area contributed by atoms with E-state index in [-0.39, 0.29) is 6.61 Å². The van der Waals surface area contributed by atoms with Gasteiger partial charge in [-0.1, -0.05) is 12.1 Å². The Morgan fingerprint density at radius 3 is 2.88 bits per heavy atom. The van der Waals surface area contributed by atoms with E-state index < -0.39 is 0 Å². The van der Waals surface area contributed by atoms with Gasteiger partial charge in [-0.2, -0.15) is 0 Å². The first-order chi connectivity index (χ1) is 8.36. The van der Waals surface area contributed by atoms with Crippen molar-refractivity contribution in [3.05, 3.63) is 29.8 Å². The van der Waals surface area contributed by atoms with Crippen LogP contribution in [-0.4, -0.2) is 37.8 Å². The number of rotatable bonds is 9. The third-order valence-electron chi connectivity index (χ3n) is 2.21. The predicted molar refractivity (Wildman–Crippen MR) is 70.4 cm³/mol. The Kier molecular flexibility index (Phi) is 8.09. The average Bonchev–Trinajstić information content (AvgIpc) is 2.38. The van der Waals surface area contributed by atoms with Crippen LogP contribution in [0.2, 0.25) is 0 Å². The van der Waals surface area contributed by atoms with Gasteiger partial charge in [0.25, 0.3) is 0 Å². The highest BCUT2D eigenvalue weighted by atomic mass is 32.2. The van der Waals surface area contributed by atoms with Gasteiger partial charge in [-0.3, -0.25) is 0 Å². The Bertz CT molecular complexity index is 304. The largest absolute Gasteiger partial charge is 0.392 e. The van der Waals surface area contributed by atoms with Crippen molar-refractivity contribution in [2.24, 2.45) is 0 Å². The smallest absolute Gasteiger partial charge is 0.0700 e. The topological polar surface area (TPSA) is 38.7 Å². The zero-order valence-corrected chi connectivity index (χ0v) is 11.0. The number of aliphatic hydroxyl groups is 1. The fourth-order valence-electron chi connectivity index (χ4n) is 1.33. The molecule has 0 aliphatic carbocycles. The number of thioether (sulfide) groups is 1. The molecule has 0 amide bonds. The molecule has 0 atom stereocenters. The molecule has 1 aromatic carbocycles. The van der Waals surface area contributed by atoms with E-state index in [0.717, 1.165) is 24.3 Å². The van der Waals surface area contributed by atoms with Crippen LogP contribution in [0.1, 0.15) is 12.0 Å². The number of methoxy groups -OCH3 is 1. The van der Waals surface area contributed by atoms with E-state index >= 15 is 0 Å². The summed E-state index contributed by atoms with van der Waals surface area (Å²) in [4.78, 5) is 1.20. The monoisotopic (exact) mass is 256 g/mol. The zero-order chi connectivity index (χ0) is 12.3. The van der Waals surface area contributed by atoms with Gasteiger partial charge in [0.1, 0.15) is 0 Å². The fraction of sp³-hybridized carbons (Fsp3) is 0.538. The number of benzene rings is 1.